The number of Topliss-reactive ketones (excluding diaryl/α,β-unsaturated/α-hetero) is 1. The number of rotatable bonds is 3. The summed E-state index contributed by atoms with van der Waals surface area (Å²) in [6.07, 6.45) is -0.563. The van der Waals surface area contributed by atoms with Crippen LogP contribution in [0.2, 0.25) is 5.15 Å². The Morgan fingerprint density at radius 2 is 2.14 bits per heavy atom. The number of nitrogens with zero attached hydrogens (tertiary/aromatic N) is 2. The molecule has 0 aromatic carbocycles. The van der Waals surface area contributed by atoms with E-state index in [0.717, 1.165) is 0 Å². The van der Waals surface area contributed by atoms with Crippen LogP contribution in [0.5, 0.6) is 0 Å². The maximum Gasteiger partial charge on any atom is 0.311 e. The number of ketones is 1. The fourth-order valence-electron chi connectivity index (χ4n) is 1.17. The quantitative estimate of drug-likeness (QED) is 0.605. The normalized spacial score (nSPS) is 10.2. The van der Waals surface area contributed by atoms with Crippen molar-refractivity contribution in [3.8, 4) is 0 Å². The second-order valence-corrected chi connectivity index (χ2v) is 3.23. The zero-order chi connectivity index (χ0) is 10.9. The Balaban J connectivity index is 3.06. The van der Waals surface area contributed by atoms with E-state index in [9.17, 15) is 9.59 Å². The molecular formula is C8H9ClN2O3. The van der Waals surface area contributed by atoms with Crippen LogP contribution in [0.15, 0.2) is 0 Å². The van der Waals surface area contributed by atoms with E-state index in [4.69, 9.17) is 16.7 Å². The molecule has 1 aromatic heterocycles. The zero-order valence-electron chi connectivity index (χ0n) is 7.74. The van der Waals surface area contributed by atoms with Gasteiger partial charge < -0.3 is 5.11 Å². The van der Waals surface area contributed by atoms with E-state index < -0.39 is 18.2 Å². The van der Waals surface area contributed by atoms with E-state index in [0.29, 0.717) is 5.69 Å². The van der Waals surface area contributed by atoms with Crippen molar-refractivity contribution in [1.82, 2.24) is 9.78 Å². The van der Waals surface area contributed by atoms with Crippen LogP contribution in [0.4, 0.5) is 0 Å². The predicted octanol–water partition coefficient (Wildman–Crippen LogP) is 1.04. The first kappa shape index (κ1) is 10.7. The Bertz CT molecular complexity index is 398. The molecule has 0 unspecified atom stereocenters. The average molecular weight is 217 g/mol. The van der Waals surface area contributed by atoms with Gasteiger partial charge in [-0.2, -0.15) is 5.10 Å². The van der Waals surface area contributed by atoms with Gasteiger partial charge in [0.15, 0.2) is 5.78 Å². The Kier molecular flexibility index (Phi) is 2.90. The summed E-state index contributed by atoms with van der Waals surface area (Å²) in [5, 5.41) is 12.5. The molecule has 0 atom stereocenters. The summed E-state index contributed by atoms with van der Waals surface area (Å²) in [5.41, 5.74) is 0.639. The van der Waals surface area contributed by atoms with Gasteiger partial charge in [0.2, 0.25) is 0 Å². The van der Waals surface area contributed by atoms with E-state index in [-0.39, 0.29) is 10.7 Å². The van der Waals surface area contributed by atoms with Gasteiger partial charge in [-0.25, -0.2) is 0 Å². The standard InChI is InChI=1S/C8H9ClN2O3/c1-4-7(5(12)3-6(13)14)8(9)11(2)10-4/h3H2,1-2H3,(H,13,14). The topological polar surface area (TPSA) is 72.2 Å². The first-order valence-corrected chi connectivity index (χ1v) is 4.25. The lowest BCUT2D eigenvalue weighted by atomic mass is 10.1. The second-order valence-electron chi connectivity index (χ2n) is 2.87. The number of carboxylic acids is 1. The molecule has 76 valence electrons. The molecular weight excluding hydrogens is 208 g/mol. The molecule has 0 aliphatic carbocycles. The molecule has 0 aliphatic heterocycles. The number of carbonyl (C=O) groups excluding carboxylic acids is 1. The van der Waals surface area contributed by atoms with Gasteiger partial charge in [-0.15, -0.1) is 0 Å². The van der Waals surface area contributed by atoms with Crippen molar-refractivity contribution in [3.05, 3.63) is 16.4 Å². The molecule has 0 fully saturated rings. The molecule has 1 rings (SSSR count). The molecule has 0 saturated heterocycles. The van der Waals surface area contributed by atoms with Crippen LogP contribution in [0.25, 0.3) is 0 Å². The van der Waals surface area contributed by atoms with Gasteiger partial charge in [0.25, 0.3) is 0 Å². The van der Waals surface area contributed by atoms with Crippen LogP contribution >= 0.6 is 11.6 Å². The third-order valence-corrected chi connectivity index (χ3v) is 2.18. The summed E-state index contributed by atoms with van der Waals surface area (Å²) in [4.78, 5) is 21.7. The number of carboxylic acid groups (broad SMARTS) is 1. The highest BCUT2D eigenvalue weighted by molar-refractivity contribution is 6.33. The summed E-state index contributed by atoms with van der Waals surface area (Å²) in [5.74, 6) is -1.69. The minimum Gasteiger partial charge on any atom is -0.481 e. The van der Waals surface area contributed by atoms with Crippen molar-refractivity contribution < 1.29 is 14.7 Å². The third kappa shape index (κ3) is 1.93. The van der Waals surface area contributed by atoms with E-state index in [1.165, 1.54) is 4.68 Å². The first-order chi connectivity index (χ1) is 6.43. The van der Waals surface area contributed by atoms with Crippen molar-refractivity contribution in [2.45, 2.75) is 13.3 Å². The molecule has 0 bridgehead atoms. The van der Waals surface area contributed by atoms with Gasteiger partial charge >= 0.3 is 5.97 Å². The fourth-order valence-corrected chi connectivity index (χ4v) is 1.45. The summed E-state index contributed by atoms with van der Waals surface area (Å²) in [7, 11) is 1.59. The maximum atomic E-state index is 11.4. The number of aryl methyl sites for hydroxylation is 2. The molecule has 0 amide bonds. The van der Waals surface area contributed by atoms with Crippen molar-refractivity contribution in [2.24, 2.45) is 7.05 Å². The van der Waals surface area contributed by atoms with Crippen molar-refractivity contribution in [2.75, 3.05) is 0 Å². The Morgan fingerprint density at radius 3 is 2.50 bits per heavy atom. The van der Waals surface area contributed by atoms with Gasteiger partial charge in [0.1, 0.15) is 11.6 Å². The minimum atomic E-state index is -1.17. The van der Waals surface area contributed by atoms with Crippen molar-refractivity contribution >= 4 is 23.4 Å². The van der Waals surface area contributed by atoms with Crippen molar-refractivity contribution in [3.63, 3.8) is 0 Å². The van der Waals surface area contributed by atoms with E-state index in [1.54, 1.807) is 14.0 Å². The summed E-state index contributed by atoms with van der Waals surface area (Å²) < 4.78 is 1.34. The van der Waals surface area contributed by atoms with Crippen LogP contribution in [0, 0.1) is 6.92 Å². The largest absolute Gasteiger partial charge is 0.481 e. The Labute approximate surface area is 85.3 Å². The summed E-state index contributed by atoms with van der Waals surface area (Å²) in [6, 6.07) is 0. The highest BCUT2D eigenvalue weighted by atomic mass is 35.5. The highest BCUT2D eigenvalue weighted by Crippen LogP contribution is 2.20. The Hall–Kier alpha value is -1.36. The Morgan fingerprint density at radius 1 is 1.57 bits per heavy atom. The van der Waals surface area contributed by atoms with Crippen LogP contribution in [0.1, 0.15) is 22.5 Å². The maximum absolute atomic E-state index is 11.4. The van der Waals surface area contributed by atoms with Gasteiger partial charge in [-0.05, 0) is 6.92 Å². The lowest BCUT2D eigenvalue weighted by molar-refractivity contribution is -0.135. The van der Waals surface area contributed by atoms with Crippen LogP contribution in [-0.4, -0.2) is 26.6 Å². The van der Waals surface area contributed by atoms with Gasteiger partial charge in [-0.3, -0.25) is 14.3 Å². The van der Waals surface area contributed by atoms with E-state index in [2.05, 4.69) is 5.10 Å². The number of hydrogen-bond donors (Lipinski definition) is 1. The van der Waals surface area contributed by atoms with Gasteiger partial charge in [-0.1, -0.05) is 11.6 Å². The smallest absolute Gasteiger partial charge is 0.311 e. The molecule has 5 nitrogen and oxygen atoms in total. The molecule has 14 heavy (non-hydrogen) atoms. The number of halogens is 1. The molecule has 0 radical (unpaired) electrons. The predicted molar refractivity (Wildman–Crippen MR) is 49.5 cm³/mol. The molecule has 1 aromatic rings. The number of hydrogen-bond acceptors (Lipinski definition) is 3. The van der Waals surface area contributed by atoms with Crippen LogP contribution in [0.3, 0.4) is 0 Å². The molecule has 6 heteroatoms. The fraction of sp³-hybridized carbons (Fsp3) is 0.375. The minimum absolute atomic E-state index is 0.175. The van der Waals surface area contributed by atoms with Gasteiger partial charge in [0, 0.05) is 7.05 Å². The summed E-state index contributed by atoms with van der Waals surface area (Å²) >= 11 is 5.78. The van der Waals surface area contributed by atoms with E-state index in [1.807, 2.05) is 0 Å². The third-order valence-electron chi connectivity index (χ3n) is 1.74. The summed E-state index contributed by atoms with van der Waals surface area (Å²) in [6.45, 7) is 1.61. The number of aliphatic carboxylic acids is 1. The zero-order valence-corrected chi connectivity index (χ0v) is 8.50. The lowest BCUT2D eigenvalue weighted by Crippen LogP contribution is -2.08. The average Bonchev–Trinajstić information content (AvgIpc) is 2.25. The van der Waals surface area contributed by atoms with E-state index >= 15 is 0 Å². The molecule has 0 aliphatic rings. The molecule has 1 heterocycles. The van der Waals surface area contributed by atoms with Crippen molar-refractivity contribution in [1.29, 1.82) is 0 Å². The van der Waals surface area contributed by atoms with Crippen LogP contribution in [-0.2, 0) is 11.8 Å². The second kappa shape index (κ2) is 3.79. The molecule has 0 saturated carbocycles. The molecule has 0 spiro atoms. The van der Waals surface area contributed by atoms with Crippen LogP contribution < -0.4 is 0 Å². The SMILES string of the molecule is Cc1nn(C)c(Cl)c1C(=O)CC(=O)O. The van der Waals surface area contributed by atoms with Gasteiger partial charge in [0.05, 0.1) is 11.3 Å². The monoisotopic (exact) mass is 216 g/mol. The number of aromatic nitrogens is 2. The highest BCUT2D eigenvalue weighted by Gasteiger charge is 2.20. The molecule has 1 N–H and O–H groups in total. The first-order valence-electron chi connectivity index (χ1n) is 3.87. The number of carbonyl (C=O) groups is 2. The lowest BCUT2D eigenvalue weighted by Gasteiger charge is -1.96.